The van der Waals surface area contributed by atoms with Gasteiger partial charge < -0.3 is 24.7 Å². The van der Waals surface area contributed by atoms with E-state index < -0.39 is 0 Å². The molecule has 1 aromatic carbocycles. The maximum atomic E-state index is 6.14. The topological polar surface area (TPSA) is 66.2 Å². The molecule has 2 rings (SSSR count). The van der Waals surface area contributed by atoms with E-state index in [0.717, 1.165) is 31.9 Å². The Kier molecular flexibility index (Phi) is 4.92. The fraction of sp³-hybridized carbons (Fsp3) is 0.571. The summed E-state index contributed by atoms with van der Waals surface area (Å²) < 4.78 is 21.5. The molecule has 0 unspecified atom stereocenters. The van der Waals surface area contributed by atoms with Crippen molar-refractivity contribution in [3.05, 3.63) is 11.6 Å². The fourth-order valence-electron chi connectivity index (χ4n) is 2.38. The molecule has 0 aromatic heterocycles. The molecule has 2 N–H and O–H groups in total. The summed E-state index contributed by atoms with van der Waals surface area (Å²) in [7, 11) is 4.78. The van der Waals surface area contributed by atoms with E-state index in [4.69, 9.17) is 24.7 Å². The highest BCUT2D eigenvalue weighted by Crippen LogP contribution is 2.43. The lowest BCUT2D eigenvalue weighted by Crippen LogP contribution is -2.36. The molecule has 112 valence electrons. The number of nitrogen functional groups attached to an aromatic ring is 1. The average molecular weight is 282 g/mol. The zero-order valence-corrected chi connectivity index (χ0v) is 12.3. The van der Waals surface area contributed by atoms with Gasteiger partial charge in [-0.15, -0.1) is 0 Å². The van der Waals surface area contributed by atoms with Crippen molar-refractivity contribution in [3.63, 3.8) is 0 Å². The molecule has 1 aromatic rings. The van der Waals surface area contributed by atoms with Gasteiger partial charge in [0.1, 0.15) is 0 Å². The zero-order chi connectivity index (χ0) is 14.5. The van der Waals surface area contributed by atoms with Gasteiger partial charge in [0.25, 0.3) is 0 Å². The Balaban J connectivity index is 2.35. The van der Waals surface area contributed by atoms with E-state index in [1.54, 1.807) is 27.4 Å². The van der Waals surface area contributed by atoms with Crippen molar-refractivity contribution in [2.24, 2.45) is 0 Å². The van der Waals surface area contributed by atoms with E-state index in [1.165, 1.54) is 0 Å². The molecule has 0 radical (unpaired) electrons. The Morgan fingerprint density at radius 1 is 1.10 bits per heavy atom. The van der Waals surface area contributed by atoms with Gasteiger partial charge in [0.2, 0.25) is 5.75 Å². The molecule has 6 nitrogen and oxygen atoms in total. The minimum Gasteiger partial charge on any atom is -0.493 e. The first-order chi connectivity index (χ1) is 9.71. The Bertz CT molecular complexity index is 459. The molecule has 0 atom stereocenters. The van der Waals surface area contributed by atoms with Crippen molar-refractivity contribution >= 4 is 5.69 Å². The van der Waals surface area contributed by atoms with E-state index in [1.807, 2.05) is 0 Å². The lowest BCUT2D eigenvalue weighted by Gasteiger charge is -2.28. The first-order valence-electron chi connectivity index (χ1n) is 6.58. The Morgan fingerprint density at radius 2 is 1.75 bits per heavy atom. The second-order valence-electron chi connectivity index (χ2n) is 4.60. The van der Waals surface area contributed by atoms with Crippen molar-refractivity contribution in [2.45, 2.75) is 6.54 Å². The van der Waals surface area contributed by atoms with Crippen LogP contribution in [0.1, 0.15) is 5.56 Å². The van der Waals surface area contributed by atoms with Crippen LogP contribution >= 0.6 is 0 Å². The lowest BCUT2D eigenvalue weighted by atomic mass is 10.1. The van der Waals surface area contributed by atoms with Crippen molar-refractivity contribution in [2.75, 3.05) is 53.4 Å². The lowest BCUT2D eigenvalue weighted by molar-refractivity contribution is 0.0339. The van der Waals surface area contributed by atoms with Crippen molar-refractivity contribution in [1.82, 2.24) is 4.90 Å². The highest BCUT2D eigenvalue weighted by atomic mass is 16.5. The van der Waals surface area contributed by atoms with Gasteiger partial charge in [0.05, 0.1) is 34.5 Å². The molecule has 0 amide bonds. The van der Waals surface area contributed by atoms with Crippen molar-refractivity contribution in [3.8, 4) is 17.2 Å². The van der Waals surface area contributed by atoms with Gasteiger partial charge in [-0.05, 0) is 0 Å². The highest BCUT2D eigenvalue weighted by molar-refractivity contribution is 5.67. The molecule has 6 heteroatoms. The molecule has 0 saturated carbocycles. The van der Waals surface area contributed by atoms with Crippen LogP contribution in [0.3, 0.4) is 0 Å². The minimum atomic E-state index is 0.576. The summed E-state index contributed by atoms with van der Waals surface area (Å²) in [5, 5.41) is 0. The summed E-state index contributed by atoms with van der Waals surface area (Å²) >= 11 is 0. The summed E-state index contributed by atoms with van der Waals surface area (Å²) in [6, 6.07) is 1.77. The molecule has 1 aliphatic rings. The summed E-state index contributed by atoms with van der Waals surface area (Å²) in [5.41, 5.74) is 7.71. The second-order valence-corrected chi connectivity index (χ2v) is 4.60. The van der Waals surface area contributed by atoms with Crippen LogP contribution in [-0.4, -0.2) is 52.5 Å². The van der Waals surface area contributed by atoms with Crippen LogP contribution in [0, 0.1) is 0 Å². The Labute approximate surface area is 119 Å². The number of anilines is 1. The maximum absolute atomic E-state index is 6.14. The summed E-state index contributed by atoms with van der Waals surface area (Å²) in [5.74, 6) is 1.79. The fourth-order valence-corrected chi connectivity index (χ4v) is 2.38. The highest BCUT2D eigenvalue weighted by Gasteiger charge is 2.22. The van der Waals surface area contributed by atoms with E-state index in [9.17, 15) is 0 Å². The number of methoxy groups -OCH3 is 3. The second kappa shape index (κ2) is 6.67. The monoisotopic (exact) mass is 282 g/mol. The third-order valence-corrected chi connectivity index (χ3v) is 3.45. The molecular formula is C14H22N2O4. The first kappa shape index (κ1) is 14.7. The van der Waals surface area contributed by atoms with Crippen LogP contribution in [0.2, 0.25) is 0 Å². The predicted molar refractivity (Wildman–Crippen MR) is 76.6 cm³/mol. The molecule has 0 bridgehead atoms. The minimum absolute atomic E-state index is 0.576. The average Bonchev–Trinajstić information content (AvgIpc) is 2.49. The quantitative estimate of drug-likeness (QED) is 0.817. The third kappa shape index (κ3) is 2.91. The number of nitrogens with two attached hydrogens (primary N) is 1. The summed E-state index contributed by atoms with van der Waals surface area (Å²) in [6.45, 7) is 3.97. The van der Waals surface area contributed by atoms with Crippen LogP contribution in [0.5, 0.6) is 17.2 Å². The first-order valence-corrected chi connectivity index (χ1v) is 6.58. The number of rotatable bonds is 5. The molecule has 1 saturated heterocycles. The third-order valence-electron chi connectivity index (χ3n) is 3.45. The van der Waals surface area contributed by atoms with Crippen molar-refractivity contribution in [1.29, 1.82) is 0 Å². The summed E-state index contributed by atoms with van der Waals surface area (Å²) in [4.78, 5) is 2.28. The molecule has 1 fully saturated rings. The zero-order valence-electron chi connectivity index (χ0n) is 12.3. The molecule has 0 aliphatic carbocycles. The molecular weight excluding hydrogens is 260 g/mol. The normalized spacial score (nSPS) is 15.9. The van der Waals surface area contributed by atoms with Crippen molar-refractivity contribution < 1.29 is 18.9 Å². The largest absolute Gasteiger partial charge is 0.493 e. The van der Waals surface area contributed by atoms with E-state index in [0.29, 0.717) is 29.5 Å². The number of ether oxygens (including phenoxy) is 4. The van der Waals surface area contributed by atoms with Gasteiger partial charge >= 0.3 is 0 Å². The smallest absolute Gasteiger partial charge is 0.203 e. The Morgan fingerprint density at radius 3 is 2.30 bits per heavy atom. The van der Waals surface area contributed by atoms with Crippen LogP contribution in [0.4, 0.5) is 5.69 Å². The predicted octanol–water partition coefficient (Wildman–Crippen LogP) is 1.13. The van der Waals surface area contributed by atoms with Crippen LogP contribution in [-0.2, 0) is 11.3 Å². The van der Waals surface area contributed by atoms with E-state index in [2.05, 4.69) is 4.90 Å². The van der Waals surface area contributed by atoms with E-state index >= 15 is 0 Å². The van der Waals surface area contributed by atoms with Crippen LogP contribution in [0.15, 0.2) is 6.07 Å². The van der Waals surface area contributed by atoms with Gasteiger partial charge in [-0.3, -0.25) is 4.90 Å². The molecule has 0 spiro atoms. The number of nitrogens with zero attached hydrogens (tertiary/aromatic N) is 1. The van der Waals surface area contributed by atoms with Gasteiger partial charge in [0, 0.05) is 37.0 Å². The van der Waals surface area contributed by atoms with Gasteiger partial charge in [-0.2, -0.15) is 0 Å². The Hall–Kier alpha value is -1.66. The number of benzene rings is 1. The number of hydrogen-bond acceptors (Lipinski definition) is 6. The SMILES string of the molecule is COc1cc(N)c(CN2CCOCC2)c(OC)c1OC. The van der Waals surface area contributed by atoms with Gasteiger partial charge in [-0.1, -0.05) is 0 Å². The molecule has 1 aliphatic heterocycles. The maximum Gasteiger partial charge on any atom is 0.203 e. The number of morpholine rings is 1. The summed E-state index contributed by atoms with van der Waals surface area (Å²) in [6.07, 6.45) is 0. The number of hydrogen-bond donors (Lipinski definition) is 1. The molecule has 1 heterocycles. The van der Waals surface area contributed by atoms with Gasteiger partial charge in [-0.25, -0.2) is 0 Å². The standard InChI is InChI=1S/C14H22N2O4/c1-17-12-8-11(15)10(13(18-2)14(12)19-3)9-16-4-6-20-7-5-16/h8H,4-7,9,15H2,1-3H3. The molecule has 20 heavy (non-hydrogen) atoms. The van der Waals surface area contributed by atoms with Crippen LogP contribution < -0.4 is 19.9 Å². The van der Waals surface area contributed by atoms with Crippen LogP contribution in [0.25, 0.3) is 0 Å². The van der Waals surface area contributed by atoms with Gasteiger partial charge in [0.15, 0.2) is 11.5 Å². The van der Waals surface area contributed by atoms with E-state index in [-0.39, 0.29) is 0 Å².